The first kappa shape index (κ1) is 10.5. The van der Waals surface area contributed by atoms with Gasteiger partial charge in [-0.1, -0.05) is 13.8 Å². The van der Waals surface area contributed by atoms with Gasteiger partial charge in [-0.05, 0) is 19.8 Å². The second-order valence-corrected chi connectivity index (χ2v) is 4.58. The lowest BCUT2D eigenvalue weighted by Gasteiger charge is -2.43. The van der Waals surface area contributed by atoms with Crippen LogP contribution in [0, 0.1) is 5.92 Å². The number of nitrogens with zero attached hydrogens (tertiary/aromatic N) is 1. The second-order valence-electron chi connectivity index (χ2n) is 4.58. The lowest BCUT2D eigenvalue weighted by molar-refractivity contribution is -0.126. The van der Waals surface area contributed by atoms with Gasteiger partial charge >= 0.3 is 0 Å². The van der Waals surface area contributed by atoms with E-state index in [2.05, 4.69) is 37.9 Å². The highest BCUT2D eigenvalue weighted by Crippen LogP contribution is 2.23. The van der Waals surface area contributed by atoms with Gasteiger partial charge in [0.15, 0.2) is 0 Å². The maximum absolute atomic E-state index is 11.2. The Bertz CT molecular complexity index is 199. The summed E-state index contributed by atoms with van der Waals surface area (Å²) in [6.45, 7) is 11.1. The van der Waals surface area contributed by atoms with Gasteiger partial charge in [0.1, 0.15) is 0 Å². The molecule has 0 aliphatic carbocycles. The summed E-state index contributed by atoms with van der Waals surface area (Å²) in [5.41, 5.74) is 0.123. The summed E-state index contributed by atoms with van der Waals surface area (Å²) >= 11 is 0. The fourth-order valence-electron chi connectivity index (χ4n) is 1.50. The number of carbonyl (C=O) groups excluding carboxylic acids is 1. The van der Waals surface area contributed by atoms with Gasteiger partial charge in [0.2, 0.25) is 5.91 Å². The summed E-state index contributed by atoms with van der Waals surface area (Å²) in [5.74, 6) is 0.721. The number of nitrogens with one attached hydrogen (secondary N) is 1. The van der Waals surface area contributed by atoms with Crippen molar-refractivity contribution in [2.24, 2.45) is 5.92 Å². The molecule has 1 aliphatic heterocycles. The minimum absolute atomic E-state index is 0.123. The third-order valence-electron chi connectivity index (χ3n) is 3.27. The third kappa shape index (κ3) is 2.21. The topological polar surface area (TPSA) is 32.3 Å². The summed E-state index contributed by atoms with van der Waals surface area (Å²) in [6, 6.07) is 0. The van der Waals surface area contributed by atoms with E-state index in [0.29, 0.717) is 12.5 Å². The van der Waals surface area contributed by atoms with Crippen molar-refractivity contribution in [1.29, 1.82) is 0 Å². The van der Waals surface area contributed by atoms with Crippen LogP contribution in [0.3, 0.4) is 0 Å². The summed E-state index contributed by atoms with van der Waals surface area (Å²) in [6.07, 6.45) is 0. The molecule has 0 unspecified atom stereocenters. The van der Waals surface area contributed by atoms with Crippen molar-refractivity contribution in [3.8, 4) is 0 Å². The lowest BCUT2D eigenvalue weighted by Crippen LogP contribution is -2.57. The largest absolute Gasteiger partial charge is 0.354 e. The number of amides is 1. The van der Waals surface area contributed by atoms with E-state index in [-0.39, 0.29) is 11.4 Å². The first-order valence-electron chi connectivity index (χ1n) is 4.96. The van der Waals surface area contributed by atoms with E-state index >= 15 is 0 Å². The van der Waals surface area contributed by atoms with E-state index in [1.54, 1.807) is 0 Å². The molecule has 1 fully saturated rings. The van der Waals surface area contributed by atoms with Crippen molar-refractivity contribution in [3.05, 3.63) is 0 Å². The predicted molar refractivity (Wildman–Crippen MR) is 53.5 cm³/mol. The highest BCUT2D eigenvalue weighted by Gasteiger charge is 2.32. The highest BCUT2D eigenvalue weighted by atomic mass is 16.2. The molecule has 1 aliphatic rings. The third-order valence-corrected chi connectivity index (χ3v) is 3.27. The van der Waals surface area contributed by atoms with Crippen LogP contribution < -0.4 is 5.32 Å². The molecule has 76 valence electrons. The van der Waals surface area contributed by atoms with Crippen LogP contribution in [-0.2, 0) is 4.79 Å². The van der Waals surface area contributed by atoms with Gasteiger partial charge in [-0.2, -0.15) is 0 Å². The first-order valence-corrected chi connectivity index (χ1v) is 4.96. The molecule has 0 bridgehead atoms. The highest BCUT2D eigenvalue weighted by molar-refractivity contribution is 5.78. The number of rotatable bonds is 2. The molecular weight excluding hydrogens is 164 g/mol. The minimum atomic E-state index is 0.123. The molecule has 3 nitrogen and oxygen atoms in total. The Hall–Kier alpha value is -0.570. The van der Waals surface area contributed by atoms with Gasteiger partial charge in [-0.3, -0.25) is 9.69 Å². The molecule has 0 atom stereocenters. The Labute approximate surface area is 80.5 Å². The van der Waals surface area contributed by atoms with E-state index in [0.717, 1.165) is 13.1 Å². The van der Waals surface area contributed by atoms with Crippen LogP contribution in [0.1, 0.15) is 27.7 Å². The van der Waals surface area contributed by atoms with Crippen molar-refractivity contribution in [3.63, 3.8) is 0 Å². The molecule has 1 saturated heterocycles. The van der Waals surface area contributed by atoms with E-state index in [1.807, 2.05) is 0 Å². The van der Waals surface area contributed by atoms with Crippen molar-refractivity contribution in [1.82, 2.24) is 10.2 Å². The Morgan fingerprint density at radius 3 is 2.54 bits per heavy atom. The van der Waals surface area contributed by atoms with Gasteiger partial charge < -0.3 is 5.32 Å². The lowest BCUT2D eigenvalue weighted by atomic mass is 9.88. The zero-order valence-electron chi connectivity index (χ0n) is 9.05. The number of hydrogen-bond donors (Lipinski definition) is 1. The van der Waals surface area contributed by atoms with Crippen LogP contribution in [0.4, 0.5) is 0 Å². The van der Waals surface area contributed by atoms with Gasteiger partial charge in [0, 0.05) is 18.6 Å². The van der Waals surface area contributed by atoms with Crippen LogP contribution in [0.2, 0.25) is 0 Å². The van der Waals surface area contributed by atoms with E-state index in [9.17, 15) is 4.79 Å². The minimum Gasteiger partial charge on any atom is -0.354 e. The Morgan fingerprint density at radius 2 is 2.08 bits per heavy atom. The summed E-state index contributed by atoms with van der Waals surface area (Å²) in [5, 5.41) is 2.84. The van der Waals surface area contributed by atoms with E-state index < -0.39 is 0 Å². The number of carbonyl (C=O) groups is 1. The average Bonchev–Trinajstić information content (AvgIpc) is 2.04. The molecule has 0 aromatic heterocycles. The molecule has 0 aromatic rings. The van der Waals surface area contributed by atoms with Crippen LogP contribution >= 0.6 is 0 Å². The number of hydrogen-bond acceptors (Lipinski definition) is 2. The van der Waals surface area contributed by atoms with Gasteiger partial charge in [0.25, 0.3) is 0 Å². The van der Waals surface area contributed by atoms with Crippen LogP contribution in [0.25, 0.3) is 0 Å². The zero-order chi connectivity index (χ0) is 10.1. The molecule has 13 heavy (non-hydrogen) atoms. The van der Waals surface area contributed by atoms with Crippen LogP contribution in [0.15, 0.2) is 0 Å². The fraction of sp³-hybridized carbons (Fsp3) is 0.900. The van der Waals surface area contributed by atoms with Crippen molar-refractivity contribution in [2.75, 3.05) is 19.6 Å². The normalized spacial score (nSPS) is 20.5. The maximum Gasteiger partial charge on any atom is 0.234 e. The SMILES string of the molecule is CC(C)C(C)(C)N1CCNC(=O)C1. The maximum atomic E-state index is 11.2. The molecule has 1 N–H and O–H groups in total. The van der Waals surface area contributed by atoms with Gasteiger partial charge in [-0.25, -0.2) is 0 Å². The van der Waals surface area contributed by atoms with E-state index in [1.165, 1.54) is 0 Å². The summed E-state index contributed by atoms with van der Waals surface area (Å²) < 4.78 is 0. The quantitative estimate of drug-likeness (QED) is 0.690. The molecule has 0 saturated carbocycles. The first-order chi connectivity index (χ1) is 5.94. The van der Waals surface area contributed by atoms with Gasteiger partial charge in [0.05, 0.1) is 6.54 Å². The van der Waals surface area contributed by atoms with Gasteiger partial charge in [-0.15, -0.1) is 0 Å². The Morgan fingerprint density at radius 1 is 1.46 bits per heavy atom. The summed E-state index contributed by atoms with van der Waals surface area (Å²) in [7, 11) is 0. The monoisotopic (exact) mass is 184 g/mol. The molecule has 1 rings (SSSR count). The molecular formula is C10H20N2O. The van der Waals surface area contributed by atoms with E-state index in [4.69, 9.17) is 0 Å². The molecule has 3 heteroatoms. The average molecular weight is 184 g/mol. The predicted octanol–water partition coefficient (Wildman–Crippen LogP) is 0.853. The van der Waals surface area contributed by atoms with Crippen molar-refractivity contribution < 1.29 is 4.79 Å². The summed E-state index contributed by atoms with van der Waals surface area (Å²) in [4.78, 5) is 13.5. The van der Waals surface area contributed by atoms with Crippen LogP contribution in [-0.4, -0.2) is 36.0 Å². The molecule has 0 radical (unpaired) electrons. The zero-order valence-corrected chi connectivity index (χ0v) is 9.05. The van der Waals surface area contributed by atoms with Crippen molar-refractivity contribution >= 4 is 5.91 Å². The second kappa shape index (κ2) is 3.66. The standard InChI is InChI=1S/C10H20N2O/c1-8(2)10(3,4)12-6-5-11-9(13)7-12/h8H,5-7H2,1-4H3,(H,11,13). The Balaban J connectivity index is 2.64. The smallest absolute Gasteiger partial charge is 0.234 e. The fourth-order valence-corrected chi connectivity index (χ4v) is 1.50. The molecule has 0 spiro atoms. The molecule has 1 amide bonds. The van der Waals surface area contributed by atoms with Crippen LogP contribution in [0.5, 0.6) is 0 Å². The van der Waals surface area contributed by atoms with Crippen molar-refractivity contribution in [2.45, 2.75) is 33.2 Å². The molecule has 0 aromatic carbocycles. The Kier molecular flexibility index (Phi) is 2.96. The number of piperazine rings is 1. The molecule has 1 heterocycles.